The standard InChI is InChI=1S/C14H22BrN3S/c1-10(2)18(3)8-4-7-17-13-9-11(15)5-6-12(13)14(16)19/h5-6,9-10,17H,4,7-8H2,1-3H3,(H2,16,19). The van der Waals surface area contributed by atoms with E-state index in [4.69, 9.17) is 18.0 Å². The number of nitrogens with two attached hydrogens (primary N) is 1. The van der Waals surface area contributed by atoms with E-state index < -0.39 is 0 Å². The summed E-state index contributed by atoms with van der Waals surface area (Å²) in [6, 6.07) is 6.49. The molecule has 0 atom stereocenters. The van der Waals surface area contributed by atoms with Crippen LogP contribution in [-0.2, 0) is 0 Å². The zero-order valence-electron chi connectivity index (χ0n) is 11.7. The number of benzene rings is 1. The van der Waals surface area contributed by atoms with E-state index in [9.17, 15) is 0 Å². The van der Waals surface area contributed by atoms with E-state index in [1.807, 2.05) is 18.2 Å². The van der Waals surface area contributed by atoms with Crippen molar-refractivity contribution in [3.05, 3.63) is 28.2 Å². The second-order valence-electron chi connectivity index (χ2n) is 4.91. The van der Waals surface area contributed by atoms with Crippen LogP contribution in [0.3, 0.4) is 0 Å². The molecule has 0 spiro atoms. The van der Waals surface area contributed by atoms with Crippen molar-refractivity contribution in [1.82, 2.24) is 4.90 Å². The molecular formula is C14H22BrN3S. The fourth-order valence-corrected chi connectivity index (χ4v) is 2.23. The summed E-state index contributed by atoms with van der Waals surface area (Å²) in [7, 11) is 2.14. The van der Waals surface area contributed by atoms with Gasteiger partial charge >= 0.3 is 0 Å². The highest BCUT2D eigenvalue weighted by Crippen LogP contribution is 2.21. The van der Waals surface area contributed by atoms with Crippen LogP contribution in [0.2, 0.25) is 0 Å². The van der Waals surface area contributed by atoms with Gasteiger partial charge in [0.2, 0.25) is 0 Å². The van der Waals surface area contributed by atoms with Crippen LogP contribution in [0, 0.1) is 0 Å². The summed E-state index contributed by atoms with van der Waals surface area (Å²) in [5.41, 5.74) is 7.62. The number of nitrogens with one attached hydrogen (secondary N) is 1. The molecule has 1 rings (SSSR count). The molecule has 0 amide bonds. The first-order chi connectivity index (χ1) is 8.91. The fourth-order valence-electron chi connectivity index (χ4n) is 1.69. The molecule has 0 fully saturated rings. The Morgan fingerprint density at radius 1 is 1.47 bits per heavy atom. The zero-order valence-corrected chi connectivity index (χ0v) is 14.1. The molecule has 5 heteroatoms. The summed E-state index contributed by atoms with van der Waals surface area (Å²) in [5, 5.41) is 3.41. The first-order valence-electron chi connectivity index (χ1n) is 6.45. The van der Waals surface area contributed by atoms with Crippen LogP contribution in [-0.4, -0.2) is 36.1 Å². The Labute approximate surface area is 129 Å². The maximum absolute atomic E-state index is 5.72. The largest absolute Gasteiger partial charge is 0.389 e. The van der Waals surface area contributed by atoms with E-state index in [0.29, 0.717) is 11.0 Å². The van der Waals surface area contributed by atoms with Gasteiger partial charge in [0.15, 0.2) is 0 Å². The van der Waals surface area contributed by atoms with E-state index in [1.165, 1.54) is 0 Å². The zero-order chi connectivity index (χ0) is 14.4. The van der Waals surface area contributed by atoms with Crippen LogP contribution in [0.5, 0.6) is 0 Å². The highest BCUT2D eigenvalue weighted by Gasteiger charge is 2.06. The fraction of sp³-hybridized carbons (Fsp3) is 0.500. The molecule has 1 aromatic rings. The number of hydrogen-bond donors (Lipinski definition) is 2. The summed E-state index contributed by atoms with van der Waals surface area (Å²) >= 11 is 8.53. The monoisotopic (exact) mass is 343 g/mol. The van der Waals surface area contributed by atoms with E-state index in [2.05, 4.69) is 47.0 Å². The predicted molar refractivity (Wildman–Crippen MR) is 90.9 cm³/mol. The van der Waals surface area contributed by atoms with Crippen molar-refractivity contribution in [2.75, 3.05) is 25.5 Å². The second-order valence-corrected chi connectivity index (χ2v) is 6.26. The molecule has 106 valence electrons. The third-order valence-electron chi connectivity index (χ3n) is 3.13. The molecule has 0 radical (unpaired) electrons. The lowest BCUT2D eigenvalue weighted by molar-refractivity contribution is 0.273. The van der Waals surface area contributed by atoms with Gasteiger partial charge in [-0.2, -0.15) is 0 Å². The van der Waals surface area contributed by atoms with E-state index in [0.717, 1.165) is 35.2 Å². The first kappa shape index (κ1) is 16.4. The molecule has 1 aromatic carbocycles. The molecule has 3 N–H and O–H groups in total. The Balaban J connectivity index is 2.53. The average Bonchev–Trinajstić information content (AvgIpc) is 2.33. The van der Waals surface area contributed by atoms with Crippen molar-refractivity contribution in [3.63, 3.8) is 0 Å². The van der Waals surface area contributed by atoms with Crippen molar-refractivity contribution in [3.8, 4) is 0 Å². The smallest absolute Gasteiger partial charge is 0.106 e. The maximum atomic E-state index is 5.72. The topological polar surface area (TPSA) is 41.3 Å². The van der Waals surface area contributed by atoms with E-state index in [1.54, 1.807) is 0 Å². The van der Waals surface area contributed by atoms with Gasteiger partial charge in [0, 0.05) is 28.3 Å². The quantitative estimate of drug-likeness (QED) is 0.589. The minimum absolute atomic E-state index is 0.425. The van der Waals surface area contributed by atoms with Gasteiger partial charge in [0.1, 0.15) is 4.99 Å². The first-order valence-corrected chi connectivity index (χ1v) is 7.65. The number of nitrogens with zero attached hydrogens (tertiary/aromatic N) is 1. The lowest BCUT2D eigenvalue weighted by Crippen LogP contribution is -2.28. The van der Waals surface area contributed by atoms with Crippen molar-refractivity contribution in [2.45, 2.75) is 26.3 Å². The normalized spacial score (nSPS) is 11.1. The van der Waals surface area contributed by atoms with Gasteiger partial charge in [0.05, 0.1) is 0 Å². The number of halogens is 1. The minimum atomic E-state index is 0.425. The van der Waals surface area contributed by atoms with Gasteiger partial charge in [-0.3, -0.25) is 0 Å². The number of hydrogen-bond acceptors (Lipinski definition) is 3. The summed E-state index contributed by atoms with van der Waals surface area (Å²) in [6.07, 6.45) is 1.08. The Hall–Kier alpha value is -0.650. The molecule has 19 heavy (non-hydrogen) atoms. The van der Waals surface area contributed by atoms with Crippen LogP contribution in [0.4, 0.5) is 5.69 Å². The third-order valence-corrected chi connectivity index (χ3v) is 3.84. The molecule has 0 saturated heterocycles. The molecule has 0 aliphatic carbocycles. The van der Waals surface area contributed by atoms with Crippen molar-refractivity contribution < 1.29 is 0 Å². The highest BCUT2D eigenvalue weighted by atomic mass is 79.9. The molecule has 0 bridgehead atoms. The summed E-state index contributed by atoms with van der Waals surface area (Å²) in [6.45, 7) is 6.38. The molecular weight excluding hydrogens is 322 g/mol. The SMILES string of the molecule is CC(C)N(C)CCCNc1cc(Br)ccc1C(N)=S. The van der Waals surface area contributed by atoms with Crippen LogP contribution >= 0.6 is 28.1 Å². The molecule has 0 aromatic heterocycles. The second kappa shape index (κ2) is 7.82. The number of thiocarbonyl (C=S) groups is 1. The van der Waals surface area contributed by atoms with Gasteiger partial charge < -0.3 is 16.0 Å². The van der Waals surface area contributed by atoms with Gasteiger partial charge in [-0.15, -0.1) is 0 Å². The Kier molecular flexibility index (Phi) is 6.75. The molecule has 0 saturated carbocycles. The van der Waals surface area contributed by atoms with Crippen LogP contribution < -0.4 is 11.1 Å². The summed E-state index contributed by atoms with van der Waals surface area (Å²) in [4.78, 5) is 2.76. The summed E-state index contributed by atoms with van der Waals surface area (Å²) < 4.78 is 1.02. The highest BCUT2D eigenvalue weighted by molar-refractivity contribution is 9.10. The van der Waals surface area contributed by atoms with Gasteiger partial charge in [-0.05, 0) is 52.1 Å². The molecule has 0 unspecified atom stereocenters. The average molecular weight is 344 g/mol. The van der Waals surface area contributed by atoms with Gasteiger partial charge in [-0.1, -0.05) is 28.1 Å². The Bertz CT molecular complexity index is 435. The van der Waals surface area contributed by atoms with Crippen molar-refractivity contribution in [2.24, 2.45) is 5.73 Å². The van der Waals surface area contributed by atoms with Crippen LogP contribution in [0.1, 0.15) is 25.8 Å². The lowest BCUT2D eigenvalue weighted by atomic mass is 10.1. The van der Waals surface area contributed by atoms with Gasteiger partial charge in [-0.25, -0.2) is 0 Å². The molecule has 0 heterocycles. The van der Waals surface area contributed by atoms with Crippen LogP contribution in [0.15, 0.2) is 22.7 Å². The van der Waals surface area contributed by atoms with Gasteiger partial charge in [0.25, 0.3) is 0 Å². The Morgan fingerprint density at radius 2 is 2.16 bits per heavy atom. The molecule has 0 aliphatic rings. The number of anilines is 1. The minimum Gasteiger partial charge on any atom is -0.389 e. The van der Waals surface area contributed by atoms with E-state index in [-0.39, 0.29) is 0 Å². The predicted octanol–water partition coefficient (Wildman–Crippen LogP) is 3.23. The maximum Gasteiger partial charge on any atom is 0.106 e. The third kappa shape index (κ3) is 5.47. The molecule has 0 aliphatic heterocycles. The van der Waals surface area contributed by atoms with Crippen LogP contribution in [0.25, 0.3) is 0 Å². The lowest BCUT2D eigenvalue weighted by Gasteiger charge is -2.21. The van der Waals surface area contributed by atoms with Crippen molar-refractivity contribution >= 4 is 38.8 Å². The number of rotatable bonds is 7. The molecule has 3 nitrogen and oxygen atoms in total. The van der Waals surface area contributed by atoms with E-state index >= 15 is 0 Å². The summed E-state index contributed by atoms with van der Waals surface area (Å²) in [5.74, 6) is 0. The Morgan fingerprint density at radius 3 is 2.74 bits per heavy atom. The van der Waals surface area contributed by atoms with Crippen molar-refractivity contribution in [1.29, 1.82) is 0 Å².